The van der Waals surface area contributed by atoms with Crippen LogP contribution in [0.25, 0.3) is 0 Å². The summed E-state index contributed by atoms with van der Waals surface area (Å²) < 4.78 is 5.55. The minimum Gasteiger partial charge on any atom is -0.378 e. The number of nitrogens with two attached hydrogens (primary N) is 1. The molecule has 0 saturated carbocycles. The number of rotatable bonds is 5. The second kappa shape index (κ2) is 7.16. The molecular formula is C15H24N6O3. The predicted octanol–water partition coefficient (Wildman–Crippen LogP) is 1.79. The first-order valence-electron chi connectivity index (χ1n) is 8.47. The summed E-state index contributed by atoms with van der Waals surface area (Å²) in [5.41, 5.74) is 5.60. The van der Waals surface area contributed by atoms with Crippen LogP contribution >= 0.6 is 0 Å². The number of nitro groups is 1. The Morgan fingerprint density at radius 2 is 2.25 bits per heavy atom. The summed E-state index contributed by atoms with van der Waals surface area (Å²) in [5.74, 6) is 1.08. The molecule has 0 spiro atoms. The topological polar surface area (TPSA) is 119 Å². The van der Waals surface area contributed by atoms with Gasteiger partial charge in [0.1, 0.15) is 0 Å². The van der Waals surface area contributed by atoms with Crippen molar-refractivity contribution in [2.45, 2.75) is 38.7 Å². The van der Waals surface area contributed by atoms with Crippen molar-refractivity contribution in [3.8, 4) is 0 Å². The van der Waals surface area contributed by atoms with Crippen LogP contribution in [0.4, 0.5) is 23.3 Å². The summed E-state index contributed by atoms with van der Waals surface area (Å²) in [6, 6.07) is 0. The van der Waals surface area contributed by atoms with E-state index in [1.165, 1.54) is 6.42 Å². The quantitative estimate of drug-likeness (QED) is 0.617. The molecule has 3 rings (SSSR count). The van der Waals surface area contributed by atoms with Crippen molar-refractivity contribution in [2.24, 2.45) is 5.92 Å². The molecule has 0 aromatic carbocycles. The second-order valence-corrected chi connectivity index (χ2v) is 6.57. The molecule has 1 aromatic rings. The predicted molar refractivity (Wildman–Crippen MR) is 91.2 cm³/mol. The minimum absolute atomic E-state index is 0.0549. The van der Waals surface area contributed by atoms with Crippen molar-refractivity contribution in [1.82, 2.24) is 9.97 Å². The van der Waals surface area contributed by atoms with Gasteiger partial charge in [-0.05, 0) is 31.6 Å². The van der Waals surface area contributed by atoms with Crippen LogP contribution in [0, 0.1) is 16.0 Å². The number of nitrogens with zero attached hydrogens (tertiary/aromatic N) is 4. The largest absolute Gasteiger partial charge is 0.378 e. The lowest BCUT2D eigenvalue weighted by atomic mass is 10.0. The van der Waals surface area contributed by atoms with Gasteiger partial charge in [-0.15, -0.1) is 0 Å². The molecule has 0 radical (unpaired) electrons. The normalized spacial score (nSPS) is 24.1. The molecule has 2 atom stereocenters. The molecule has 24 heavy (non-hydrogen) atoms. The Morgan fingerprint density at radius 1 is 1.42 bits per heavy atom. The fraction of sp³-hybridized carbons (Fsp3) is 0.733. The molecule has 132 valence electrons. The summed E-state index contributed by atoms with van der Waals surface area (Å²) >= 11 is 0. The van der Waals surface area contributed by atoms with Crippen LogP contribution < -0.4 is 16.0 Å². The van der Waals surface area contributed by atoms with Gasteiger partial charge in [-0.1, -0.05) is 6.92 Å². The molecule has 0 bridgehead atoms. The average molecular weight is 336 g/mol. The average Bonchev–Trinajstić information content (AvgIpc) is 3.05. The molecule has 2 fully saturated rings. The number of aromatic nitrogens is 2. The fourth-order valence-electron chi connectivity index (χ4n) is 3.29. The van der Waals surface area contributed by atoms with E-state index in [1.54, 1.807) is 0 Å². The van der Waals surface area contributed by atoms with Crippen molar-refractivity contribution < 1.29 is 9.66 Å². The summed E-state index contributed by atoms with van der Waals surface area (Å²) in [4.78, 5) is 21.4. The van der Waals surface area contributed by atoms with E-state index in [4.69, 9.17) is 10.5 Å². The van der Waals surface area contributed by atoms with Crippen molar-refractivity contribution in [1.29, 1.82) is 0 Å². The van der Waals surface area contributed by atoms with Crippen molar-refractivity contribution in [2.75, 3.05) is 42.2 Å². The van der Waals surface area contributed by atoms with Crippen molar-refractivity contribution in [3.05, 3.63) is 10.1 Å². The third-order valence-electron chi connectivity index (χ3n) is 4.54. The number of piperidine rings is 1. The molecule has 0 aliphatic carbocycles. The zero-order valence-corrected chi connectivity index (χ0v) is 13.9. The van der Waals surface area contributed by atoms with Gasteiger partial charge < -0.3 is 20.7 Å². The number of nitrogens with one attached hydrogen (secondary N) is 1. The monoisotopic (exact) mass is 336 g/mol. The highest BCUT2D eigenvalue weighted by atomic mass is 16.6. The number of hydrogen-bond donors (Lipinski definition) is 2. The van der Waals surface area contributed by atoms with Crippen LogP contribution in [0.1, 0.15) is 32.6 Å². The smallest absolute Gasteiger partial charge is 0.353 e. The van der Waals surface area contributed by atoms with Crippen LogP contribution in [0.2, 0.25) is 0 Å². The van der Waals surface area contributed by atoms with Gasteiger partial charge in [0.05, 0.1) is 11.0 Å². The van der Waals surface area contributed by atoms with Gasteiger partial charge in [-0.3, -0.25) is 10.1 Å². The molecular weight excluding hydrogens is 312 g/mol. The van der Waals surface area contributed by atoms with Crippen LogP contribution in [-0.4, -0.2) is 47.2 Å². The fourth-order valence-corrected chi connectivity index (χ4v) is 3.29. The molecule has 2 saturated heterocycles. The maximum Gasteiger partial charge on any atom is 0.353 e. The summed E-state index contributed by atoms with van der Waals surface area (Å²) in [5, 5.41) is 14.4. The van der Waals surface area contributed by atoms with E-state index in [9.17, 15) is 10.1 Å². The van der Waals surface area contributed by atoms with Gasteiger partial charge in [0, 0.05) is 26.2 Å². The maximum absolute atomic E-state index is 11.3. The first-order chi connectivity index (χ1) is 11.5. The summed E-state index contributed by atoms with van der Waals surface area (Å²) in [6.45, 7) is 5.07. The molecule has 9 heteroatoms. The zero-order valence-electron chi connectivity index (χ0n) is 13.9. The number of ether oxygens (including phenoxy) is 1. The molecule has 3 heterocycles. The van der Waals surface area contributed by atoms with E-state index in [0.29, 0.717) is 18.4 Å². The Balaban J connectivity index is 1.83. The molecule has 3 N–H and O–H groups in total. The van der Waals surface area contributed by atoms with Gasteiger partial charge >= 0.3 is 5.69 Å². The Kier molecular flexibility index (Phi) is 4.98. The van der Waals surface area contributed by atoms with Crippen molar-refractivity contribution in [3.63, 3.8) is 0 Å². The first-order valence-corrected chi connectivity index (χ1v) is 8.47. The lowest BCUT2D eigenvalue weighted by Gasteiger charge is -2.31. The molecule has 2 aliphatic rings. The molecule has 1 aromatic heterocycles. The number of anilines is 3. The van der Waals surface area contributed by atoms with Gasteiger partial charge in [-0.2, -0.15) is 9.97 Å². The number of nitrogen functional groups attached to an aromatic ring is 1. The minimum atomic E-state index is -0.532. The van der Waals surface area contributed by atoms with Crippen LogP contribution in [-0.2, 0) is 4.74 Å². The molecule has 2 aliphatic heterocycles. The standard InChI is InChI=1S/C15H24N6O3/c1-10-4-2-6-20(9-10)15-18-13(16)12(21(22)23)14(19-15)17-8-11-5-3-7-24-11/h10-11H,2-9H2,1H3,(H3,16,17,18,19)/t10-,11+/m1/s1. The highest BCUT2D eigenvalue weighted by Crippen LogP contribution is 2.31. The third kappa shape index (κ3) is 3.66. The Hall–Kier alpha value is -2.16. The van der Waals surface area contributed by atoms with Crippen LogP contribution in [0.3, 0.4) is 0 Å². The highest BCUT2D eigenvalue weighted by Gasteiger charge is 2.27. The SMILES string of the molecule is C[C@@H]1CCCN(c2nc(N)c([N+](=O)[O-])c(NC[C@@H]3CCCO3)n2)C1. The molecule has 0 unspecified atom stereocenters. The lowest BCUT2D eigenvalue weighted by molar-refractivity contribution is -0.383. The van der Waals surface area contributed by atoms with Gasteiger partial charge in [-0.25, -0.2) is 0 Å². The summed E-state index contributed by atoms with van der Waals surface area (Å²) in [7, 11) is 0. The first kappa shape index (κ1) is 16.7. The van der Waals surface area contributed by atoms with E-state index in [-0.39, 0.29) is 23.4 Å². The van der Waals surface area contributed by atoms with E-state index < -0.39 is 4.92 Å². The highest BCUT2D eigenvalue weighted by molar-refractivity contribution is 5.70. The van der Waals surface area contributed by atoms with E-state index in [1.807, 2.05) is 4.90 Å². The third-order valence-corrected chi connectivity index (χ3v) is 4.54. The Labute approximate surface area is 140 Å². The van der Waals surface area contributed by atoms with Crippen molar-refractivity contribution >= 4 is 23.3 Å². The Morgan fingerprint density at radius 3 is 2.92 bits per heavy atom. The van der Waals surface area contributed by atoms with Crippen LogP contribution in [0.5, 0.6) is 0 Å². The van der Waals surface area contributed by atoms with Gasteiger partial charge in [0.2, 0.25) is 17.6 Å². The lowest BCUT2D eigenvalue weighted by Crippen LogP contribution is -2.35. The van der Waals surface area contributed by atoms with Gasteiger partial charge in [0.25, 0.3) is 0 Å². The molecule has 9 nitrogen and oxygen atoms in total. The number of hydrogen-bond acceptors (Lipinski definition) is 8. The molecule has 0 amide bonds. The van der Waals surface area contributed by atoms with E-state index >= 15 is 0 Å². The maximum atomic E-state index is 11.3. The van der Waals surface area contributed by atoms with E-state index in [2.05, 4.69) is 22.2 Å². The Bertz CT molecular complexity index is 605. The summed E-state index contributed by atoms with van der Waals surface area (Å²) in [6.07, 6.45) is 4.23. The second-order valence-electron chi connectivity index (χ2n) is 6.57. The van der Waals surface area contributed by atoms with E-state index in [0.717, 1.165) is 39.0 Å². The zero-order chi connectivity index (χ0) is 17.1. The van der Waals surface area contributed by atoms with Crippen LogP contribution in [0.15, 0.2) is 0 Å². The van der Waals surface area contributed by atoms with Gasteiger partial charge in [0.15, 0.2) is 0 Å².